The molecule has 0 spiro atoms. The summed E-state index contributed by atoms with van der Waals surface area (Å²) < 4.78 is 0. The molecule has 0 aromatic heterocycles. The van der Waals surface area contributed by atoms with Crippen molar-refractivity contribution in [3.05, 3.63) is 47.6 Å². The van der Waals surface area contributed by atoms with Gasteiger partial charge in [0.2, 0.25) is 11.8 Å². The molecule has 0 aromatic carbocycles. The number of carbonyl (C=O) groups excluding carboxylic acids is 3. The van der Waals surface area contributed by atoms with Crippen LogP contribution in [0.3, 0.4) is 0 Å². The number of fused-ring (bicyclic) bond motifs is 3. The number of rotatable bonds is 4. The number of ketones is 1. The van der Waals surface area contributed by atoms with Gasteiger partial charge in [-0.2, -0.15) is 0 Å². The van der Waals surface area contributed by atoms with Gasteiger partial charge in [-0.25, -0.2) is 0 Å². The summed E-state index contributed by atoms with van der Waals surface area (Å²) in [6, 6.07) is -0.185. The van der Waals surface area contributed by atoms with Crippen molar-refractivity contribution in [3.8, 4) is 0 Å². The van der Waals surface area contributed by atoms with Crippen LogP contribution in [0.4, 0.5) is 0 Å². The number of hydrogen-bond acceptors (Lipinski definition) is 5. The number of allylic oxidation sites excluding steroid dienone is 5. The lowest BCUT2D eigenvalue weighted by atomic mass is 9.72. The minimum absolute atomic E-state index is 0.0774. The summed E-state index contributed by atoms with van der Waals surface area (Å²) in [7, 11) is 0. The number of nitrogens with zero attached hydrogens (tertiary/aromatic N) is 1. The van der Waals surface area contributed by atoms with Crippen LogP contribution in [0.15, 0.2) is 47.6 Å². The Hall–Kier alpha value is -1.92. The predicted molar refractivity (Wildman–Crippen MR) is 96.9 cm³/mol. The maximum atomic E-state index is 12.7. The molecule has 6 heteroatoms. The quantitative estimate of drug-likeness (QED) is 0.771. The lowest BCUT2D eigenvalue weighted by molar-refractivity contribution is -0.138. The van der Waals surface area contributed by atoms with Crippen molar-refractivity contribution in [2.45, 2.75) is 30.7 Å². The van der Waals surface area contributed by atoms with E-state index in [9.17, 15) is 14.4 Å². The molecule has 0 radical (unpaired) electrons. The summed E-state index contributed by atoms with van der Waals surface area (Å²) in [6.07, 6.45) is 12.2. The van der Waals surface area contributed by atoms with Gasteiger partial charge in [-0.1, -0.05) is 36.5 Å². The Morgan fingerprint density at radius 3 is 2.52 bits per heavy atom. The minimum Gasteiger partial charge on any atom is -0.299 e. The molecule has 2 fully saturated rings. The first kappa shape index (κ1) is 16.5. The van der Waals surface area contributed by atoms with E-state index in [4.69, 9.17) is 0 Å². The Labute approximate surface area is 150 Å². The van der Waals surface area contributed by atoms with E-state index in [-0.39, 0.29) is 47.3 Å². The number of carbonyl (C=O) groups is 3. The molecule has 0 bridgehead atoms. The van der Waals surface area contributed by atoms with E-state index < -0.39 is 0 Å². The molecule has 2 heterocycles. The van der Waals surface area contributed by atoms with E-state index in [1.165, 1.54) is 22.2 Å². The van der Waals surface area contributed by atoms with Gasteiger partial charge >= 0.3 is 0 Å². The summed E-state index contributed by atoms with van der Waals surface area (Å²) in [5, 5.41) is 3.07. The first-order valence-electron chi connectivity index (χ1n) is 8.63. The molecule has 25 heavy (non-hydrogen) atoms. The molecule has 2 amide bonds. The maximum Gasteiger partial charge on any atom is 0.242 e. The van der Waals surface area contributed by atoms with Gasteiger partial charge in [0.1, 0.15) is 0 Å². The molecule has 5 nitrogen and oxygen atoms in total. The zero-order chi connectivity index (χ0) is 17.6. The molecule has 2 aliphatic heterocycles. The average molecular weight is 356 g/mol. The molecule has 1 N–H and O–H groups in total. The largest absolute Gasteiger partial charge is 0.299 e. The van der Waals surface area contributed by atoms with Crippen molar-refractivity contribution in [2.24, 2.45) is 5.92 Å². The maximum absolute atomic E-state index is 12.7. The van der Waals surface area contributed by atoms with E-state index in [0.29, 0.717) is 12.3 Å². The summed E-state index contributed by atoms with van der Waals surface area (Å²) in [4.78, 5) is 38.1. The van der Waals surface area contributed by atoms with Gasteiger partial charge in [0.05, 0.1) is 17.2 Å². The van der Waals surface area contributed by atoms with Crippen molar-refractivity contribution in [2.75, 3.05) is 12.3 Å². The van der Waals surface area contributed by atoms with Crippen molar-refractivity contribution in [3.63, 3.8) is 0 Å². The highest BCUT2D eigenvalue weighted by Gasteiger charge is 2.51. The minimum atomic E-state index is -0.349. The highest BCUT2D eigenvalue weighted by Crippen LogP contribution is 2.43. The van der Waals surface area contributed by atoms with E-state index in [1.54, 1.807) is 6.92 Å². The highest BCUT2D eigenvalue weighted by atomic mass is 32.2. The standard InChI is InChI=1S/C19H20N2O3S/c1-2-21-15(22)9-14(19(21)24)25-10-13-18(23)16-11-7-5-3-4-6-8-12(11)17(16)20-13/h3-8,13-14,16-17,20H,2,9-10H2,1H3/b4-3-,5-3?,6-4?,7-5-,8-6?,11-7?,12-8?. The van der Waals surface area contributed by atoms with Crippen molar-refractivity contribution >= 4 is 29.4 Å². The van der Waals surface area contributed by atoms with Gasteiger partial charge < -0.3 is 0 Å². The summed E-state index contributed by atoms with van der Waals surface area (Å²) in [5.74, 6) is 0.416. The van der Waals surface area contributed by atoms with Crippen LogP contribution >= 0.6 is 11.8 Å². The number of likely N-dealkylation sites (tertiary alicyclic amines) is 1. The summed E-state index contributed by atoms with van der Waals surface area (Å²) >= 11 is 1.43. The van der Waals surface area contributed by atoms with Crippen LogP contribution in [0.5, 0.6) is 0 Å². The van der Waals surface area contributed by atoms with Crippen LogP contribution < -0.4 is 5.32 Å². The van der Waals surface area contributed by atoms with Crippen LogP contribution in [-0.2, 0) is 14.4 Å². The average Bonchev–Trinajstić information content (AvgIpc) is 2.99. The molecule has 4 atom stereocenters. The lowest BCUT2D eigenvalue weighted by Gasteiger charge is -2.33. The lowest BCUT2D eigenvalue weighted by Crippen LogP contribution is -2.40. The molecule has 4 unspecified atom stereocenters. The monoisotopic (exact) mass is 356 g/mol. The van der Waals surface area contributed by atoms with Crippen LogP contribution in [0, 0.1) is 5.92 Å². The third-order valence-corrected chi connectivity index (χ3v) is 6.53. The second-order valence-electron chi connectivity index (χ2n) is 6.59. The van der Waals surface area contributed by atoms with Gasteiger partial charge in [-0.3, -0.25) is 24.6 Å². The summed E-state index contributed by atoms with van der Waals surface area (Å²) in [6.45, 7) is 2.22. The Morgan fingerprint density at radius 2 is 1.84 bits per heavy atom. The predicted octanol–water partition coefficient (Wildman–Crippen LogP) is 1.39. The highest BCUT2D eigenvalue weighted by molar-refractivity contribution is 8.00. The van der Waals surface area contributed by atoms with Crippen molar-refractivity contribution in [1.29, 1.82) is 0 Å². The normalized spacial score (nSPS) is 36.0. The Morgan fingerprint density at radius 1 is 1.12 bits per heavy atom. The Kier molecular flexibility index (Phi) is 4.25. The fourth-order valence-electron chi connectivity index (χ4n) is 3.95. The number of thioether (sulfide) groups is 1. The van der Waals surface area contributed by atoms with E-state index in [1.807, 2.05) is 30.4 Å². The Bertz CT molecular complexity index is 765. The van der Waals surface area contributed by atoms with E-state index in [2.05, 4.69) is 11.4 Å². The smallest absolute Gasteiger partial charge is 0.242 e. The van der Waals surface area contributed by atoms with Crippen LogP contribution in [0.25, 0.3) is 0 Å². The second-order valence-corrected chi connectivity index (χ2v) is 7.83. The van der Waals surface area contributed by atoms with Gasteiger partial charge in [0.15, 0.2) is 5.78 Å². The topological polar surface area (TPSA) is 66.5 Å². The van der Waals surface area contributed by atoms with Crippen molar-refractivity contribution in [1.82, 2.24) is 10.2 Å². The van der Waals surface area contributed by atoms with Crippen LogP contribution in [0.2, 0.25) is 0 Å². The number of nitrogens with one attached hydrogen (secondary N) is 1. The van der Waals surface area contributed by atoms with Gasteiger partial charge in [-0.05, 0) is 18.1 Å². The number of imide groups is 1. The Balaban J connectivity index is 1.40. The van der Waals surface area contributed by atoms with Crippen molar-refractivity contribution < 1.29 is 14.4 Å². The van der Waals surface area contributed by atoms with Gasteiger partial charge in [-0.15, -0.1) is 11.8 Å². The molecule has 0 saturated carbocycles. The second kappa shape index (κ2) is 6.42. The zero-order valence-corrected chi connectivity index (χ0v) is 14.8. The third kappa shape index (κ3) is 2.64. The molecule has 0 aromatic rings. The van der Waals surface area contributed by atoms with Gasteiger partial charge in [0.25, 0.3) is 0 Å². The molecular weight excluding hydrogens is 336 g/mol. The molecule has 4 aliphatic rings. The zero-order valence-electron chi connectivity index (χ0n) is 14.0. The molecule has 2 saturated heterocycles. The number of Topliss-reactive ketones (excluding diaryl/α,β-unsaturated/α-hetero) is 1. The molecule has 130 valence electrons. The first-order chi connectivity index (χ1) is 12.1. The summed E-state index contributed by atoms with van der Waals surface area (Å²) in [5.41, 5.74) is 2.27. The number of amides is 2. The SMILES string of the molecule is CCN1C(=O)CC(SCC2NC3C4=C(/C=C\C=C/C=C4)C3C2=O)C1=O. The van der Waals surface area contributed by atoms with E-state index >= 15 is 0 Å². The molecule has 4 rings (SSSR count). The van der Waals surface area contributed by atoms with Crippen LogP contribution in [0.1, 0.15) is 13.3 Å². The molecular formula is C19H20N2O3S. The van der Waals surface area contributed by atoms with E-state index in [0.717, 1.165) is 5.57 Å². The molecule has 2 aliphatic carbocycles. The first-order valence-corrected chi connectivity index (χ1v) is 9.67. The fraction of sp³-hybridized carbons (Fsp3) is 0.421. The third-order valence-electron chi connectivity index (χ3n) is 5.24. The van der Waals surface area contributed by atoms with Crippen LogP contribution in [-0.4, -0.2) is 52.1 Å². The number of hydrogen-bond donors (Lipinski definition) is 1. The fourth-order valence-corrected chi connectivity index (χ4v) is 5.16. The van der Waals surface area contributed by atoms with Gasteiger partial charge in [0, 0.05) is 24.8 Å².